The van der Waals surface area contributed by atoms with Crippen LogP contribution >= 0.6 is 0 Å². The molecule has 0 aromatic carbocycles. The van der Waals surface area contributed by atoms with Crippen LogP contribution in [-0.2, 0) is 0 Å². The minimum Gasteiger partial charge on any atom is -0.417 e. The van der Waals surface area contributed by atoms with Crippen molar-refractivity contribution in [1.29, 1.82) is 0 Å². The summed E-state index contributed by atoms with van der Waals surface area (Å²) in [4.78, 5) is 0. The van der Waals surface area contributed by atoms with Gasteiger partial charge in [-0.3, -0.25) is 0 Å². The summed E-state index contributed by atoms with van der Waals surface area (Å²) >= 11 is 0. The quantitative estimate of drug-likeness (QED) is 0.291. The molecule has 0 spiro atoms. The fraction of sp³-hybridized carbons (Fsp3) is 0. The zero-order valence-corrected chi connectivity index (χ0v) is 4.04. The average molecular weight is 74.1 g/mol. The Hall–Kier alpha value is 0.285. The van der Waals surface area contributed by atoms with E-state index in [0.29, 0.717) is 0 Å². The molecule has 1 saturated heterocycles. The summed E-state index contributed by atoms with van der Waals surface area (Å²) in [6.07, 6.45) is 0. The lowest BCUT2D eigenvalue weighted by Crippen LogP contribution is -2.44. The Labute approximate surface area is 41.8 Å². The Balaban J connectivity index is 2.00. The molecule has 0 bridgehead atoms. The van der Waals surface area contributed by atoms with Gasteiger partial charge in [0.1, 0.15) is 14.6 Å². The first-order chi connectivity index (χ1) is 3.00. The second kappa shape index (κ2) is 2.46. The van der Waals surface area contributed by atoms with Crippen LogP contribution in [0.5, 0.6) is 0 Å². The van der Waals surface area contributed by atoms with E-state index in [9.17, 15) is 0 Å². The van der Waals surface area contributed by atoms with E-state index in [1.807, 2.05) is 0 Å². The van der Waals surface area contributed by atoms with E-state index in [0.717, 1.165) is 0 Å². The molecular weight excluding hydrogens is 68.1 g/mol. The predicted molar refractivity (Wildman–Crippen MR) is 38.9 cm³/mol. The highest BCUT2D eigenvalue weighted by atomic mass is 14.6. The fourth-order valence-electron chi connectivity index (χ4n) is 0.802. The maximum Gasteiger partial charge on any atom is 0.140 e. The van der Waals surface area contributed by atoms with Crippen molar-refractivity contribution < 1.29 is 0 Å². The molecule has 1 fully saturated rings. The van der Waals surface area contributed by atoms with Crippen LogP contribution in [0.1, 0.15) is 0 Å². The lowest BCUT2D eigenvalue weighted by atomic mass is 9.00. The van der Waals surface area contributed by atoms with Crippen molar-refractivity contribution in [2.45, 2.75) is 0 Å². The van der Waals surface area contributed by atoms with Crippen molar-refractivity contribution in [1.82, 2.24) is 5.14 Å². The van der Waals surface area contributed by atoms with Crippen LogP contribution in [0, 0.1) is 0 Å². The molecule has 1 heterocycles. The van der Waals surface area contributed by atoms with Crippen LogP contribution in [0.15, 0.2) is 0 Å². The van der Waals surface area contributed by atoms with Gasteiger partial charge in [-0.15, -0.1) is 0 Å². The minimum absolute atomic E-state index is 1.25. The Bertz CT molecular complexity index is 19.4. The Morgan fingerprint density at radius 3 is 1.67 bits per heavy atom. The third-order valence-electron chi connectivity index (χ3n) is 1.21. The fourth-order valence-corrected chi connectivity index (χ4v) is 0.802. The van der Waals surface area contributed by atoms with Gasteiger partial charge < -0.3 is 5.14 Å². The first-order valence-corrected chi connectivity index (χ1v) is 2.71. The summed E-state index contributed by atoms with van der Waals surface area (Å²) in [5.41, 5.74) is 0. The van der Waals surface area contributed by atoms with E-state index in [1.54, 1.807) is 0 Å². The van der Waals surface area contributed by atoms with Gasteiger partial charge in [0.15, 0.2) is 0 Å². The van der Waals surface area contributed by atoms with E-state index in [2.05, 4.69) is 5.14 Å². The van der Waals surface area contributed by atoms with Gasteiger partial charge in [0.2, 0.25) is 0 Å². The van der Waals surface area contributed by atoms with Gasteiger partial charge in [-0.25, -0.2) is 0 Å². The summed E-state index contributed by atoms with van der Waals surface area (Å²) < 4.78 is 0. The maximum atomic E-state index is 3.28. The van der Waals surface area contributed by atoms with Gasteiger partial charge in [0.25, 0.3) is 0 Å². The second-order valence-corrected chi connectivity index (χ2v) is 1.81. The van der Waals surface area contributed by atoms with Crippen LogP contribution in [0.3, 0.4) is 0 Å². The van der Waals surface area contributed by atoms with E-state index in [1.165, 1.54) is 35.8 Å². The van der Waals surface area contributed by atoms with Crippen LogP contribution in [0.2, 0.25) is 0 Å². The molecule has 1 aliphatic rings. The third-order valence-corrected chi connectivity index (χ3v) is 1.21. The molecule has 6 heavy (non-hydrogen) atoms. The third kappa shape index (κ3) is 1.17. The monoisotopic (exact) mass is 75.1 g/mol. The minimum atomic E-state index is 1.25. The molecular formula is H6B5N. The highest BCUT2D eigenvalue weighted by Crippen LogP contribution is 1.58. The first kappa shape index (κ1) is 4.44. The summed E-state index contributed by atoms with van der Waals surface area (Å²) in [5.74, 6) is 0. The van der Waals surface area contributed by atoms with Gasteiger partial charge in [-0.2, -0.15) is 0 Å². The zero-order valence-electron chi connectivity index (χ0n) is 4.04. The highest BCUT2D eigenvalue weighted by Gasteiger charge is 2.02. The summed E-state index contributed by atoms with van der Waals surface area (Å²) in [7, 11) is 6.72. The molecule has 6 heteroatoms. The Morgan fingerprint density at radius 1 is 0.833 bits per heavy atom. The van der Waals surface area contributed by atoms with Gasteiger partial charge in [-0.1, -0.05) is 0 Å². The smallest absolute Gasteiger partial charge is 0.140 e. The first-order valence-electron chi connectivity index (χ1n) is 2.71. The van der Waals surface area contributed by atoms with Crippen LogP contribution in [0.25, 0.3) is 0 Å². The molecule has 0 aliphatic carbocycles. The topological polar surface area (TPSA) is 12.0 Å². The number of nitrogens with one attached hydrogen (secondary N) is 1. The van der Waals surface area contributed by atoms with Crippen molar-refractivity contribution >= 4 is 35.8 Å². The molecule has 26 valence electrons. The number of rotatable bonds is 0. The zero-order chi connectivity index (χ0) is 4.24. The normalized spacial score (nSPS) is 17.3. The van der Waals surface area contributed by atoms with E-state index in [4.69, 9.17) is 0 Å². The lowest BCUT2D eigenvalue weighted by molar-refractivity contribution is 1.65. The van der Waals surface area contributed by atoms with Gasteiger partial charge in [0.05, 0.1) is 14.1 Å². The molecule has 1 nitrogen and oxygen atoms in total. The molecule has 1 N–H and O–H groups in total. The Morgan fingerprint density at radius 2 is 1.50 bits per heavy atom. The SMILES string of the molecule is B1BBNBB1. The number of hydrogen-bond acceptors (Lipinski definition) is 1. The predicted octanol–water partition coefficient (Wildman–Crippen LogP) is -3.74. The Kier molecular flexibility index (Phi) is 1.82. The van der Waals surface area contributed by atoms with Gasteiger partial charge >= 0.3 is 0 Å². The maximum absolute atomic E-state index is 3.28. The van der Waals surface area contributed by atoms with Crippen LogP contribution < -0.4 is 5.14 Å². The molecule has 0 amide bonds. The second-order valence-electron chi connectivity index (χ2n) is 1.81. The van der Waals surface area contributed by atoms with E-state index in [-0.39, 0.29) is 0 Å². The molecule has 0 saturated carbocycles. The van der Waals surface area contributed by atoms with Crippen molar-refractivity contribution in [2.75, 3.05) is 0 Å². The summed E-state index contributed by atoms with van der Waals surface area (Å²) in [5, 5.41) is 3.28. The van der Waals surface area contributed by atoms with Crippen LogP contribution in [0.4, 0.5) is 0 Å². The van der Waals surface area contributed by atoms with Gasteiger partial charge in [0, 0.05) is 7.06 Å². The van der Waals surface area contributed by atoms with Gasteiger partial charge in [-0.05, 0) is 0 Å². The molecule has 0 aromatic heterocycles. The summed E-state index contributed by atoms with van der Waals surface area (Å²) in [6.45, 7) is 0. The average Bonchev–Trinajstić information content (AvgIpc) is 1.72. The molecule has 0 aromatic rings. The molecule has 1 aliphatic heterocycles. The highest BCUT2D eigenvalue weighted by molar-refractivity contribution is 7.56. The van der Waals surface area contributed by atoms with Crippen LogP contribution in [-0.4, -0.2) is 35.8 Å². The lowest BCUT2D eigenvalue weighted by Gasteiger charge is -2.01. The largest absolute Gasteiger partial charge is 0.417 e. The molecule has 0 atom stereocenters. The molecule has 0 radical (unpaired) electrons. The summed E-state index contributed by atoms with van der Waals surface area (Å²) in [6, 6.07) is 0. The van der Waals surface area contributed by atoms with E-state index >= 15 is 0 Å². The number of hydrogen-bond donors (Lipinski definition) is 1. The van der Waals surface area contributed by atoms with Crippen molar-refractivity contribution in [2.24, 2.45) is 0 Å². The molecule has 1 rings (SSSR count). The van der Waals surface area contributed by atoms with Crippen molar-refractivity contribution in [3.05, 3.63) is 0 Å². The van der Waals surface area contributed by atoms with Crippen molar-refractivity contribution in [3.63, 3.8) is 0 Å². The van der Waals surface area contributed by atoms with E-state index < -0.39 is 0 Å². The van der Waals surface area contributed by atoms with Crippen molar-refractivity contribution in [3.8, 4) is 0 Å². The molecule has 0 unspecified atom stereocenters. The standard InChI is InChI=1S/B5H6N/c1-2-4-6-5-3-1/h1-6H.